The van der Waals surface area contributed by atoms with Gasteiger partial charge < -0.3 is 17.2 Å². The number of nitrogens with two attached hydrogens (primary N) is 3. The van der Waals surface area contributed by atoms with E-state index in [-0.39, 0.29) is 22.6 Å². The lowest BCUT2D eigenvalue weighted by Crippen LogP contribution is -1.98. The number of nitro groups is 1. The summed E-state index contributed by atoms with van der Waals surface area (Å²) in [5.74, 6) is -1.07. The molecule has 0 spiro atoms. The number of anilines is 3. The lowest BCUT2D eigenvalue weighted by atomic mass is 10.0. The summed E-state index contributed by atoms with van der Waals surface area (Å²) in [7, 11) is 0. The van der Waals surface area contributed by atoms with Gasteiger partial charge in [-0.25, -0.2) is 8.78 Å². The van der Waals surface area contributed by atoms with E-state index < -0.39 is 16.6 Å². The maximum absolute atomic E-state index is 13.8. The van der Waals surface area contributed by atoms with Crippen LogP contribution in [0, 0.1) is 44.4 Å². The molecule has 4 aromatic carbocycles. The lowest BCUT2D eigenvalue weighted by molar-refractivity contribution is -0.383. The van der Waals surface area contributed by atoms with Crippen molar-refractivity contribution in [2.45, 2.75) is 0 Å². The van der Waals surface area contributed by atoms with Crippen molar-refractivity contribution in [2.24, 2.45) is 0 Å². The van der Waals surface area contributed by atoms with E-state index in [1.54, 1.807) is 24.3 Å². The van der Waals surface area contributed by atoms with Crippen molar-refractivity contribution in [3.63, 3.8) is 0 Å². The second kappa shape index (κ2) is 10.6. The molecule has 0 saturated heterocycles. The zero-order chi connectivity index (χ0) is 26.4. The molecule has 4 rings (SSSR count). The van der Waals surface area contributed by atoms with Crippen LogP contribution in [-0.2, 0) is 0 Å². The summed E-state index contributed by atoms with van der Waals surface area (Å²) in [4.78, 5) is 10.1. The van der Waals surface area contributed by atoms with Crippen LogP contribution in [0.15, 0.2) is 72.8 Å². The van der Waals surface area contributed by atoms with Crippen LogP contribution < -0.4 is 17.2 Å². The maximum Gasteiger partial charge on any atom is 0.292 e. The summed E-state index contributed by atoms with van der Waals surface area (Å²) < 4.78 is 27.5. The van der Waals surface area contributed by atoms with Gasteiger partial charge in [-0.05, 0) is 47.5 Å². The van der Waals surface area contributed by atoms with Crippen molar-refractivity contribution in [3.8, 4) is 34.4 Å². The first-order chi connectivity index (χ1) is 17.1. The number of rotatable bonds is 3. The largest absolute Gasteiger partial charge is 0.397 e. The molecular weight excluding hydrogens is 466 g/mol. The Hall–Kier alpha value is -5.48. The summed E-state index contributed by atoms with van der Waals surface area (Å²) in [6.07, 6.45) is 0. The number of hydrogen-bond acceptors (Lipinski definition) is 7. The number of nitriles is 2. The first-order valence-electron chi connectivity index (χ1n) is 10.2. The van der Waals surface area contributed by atoms with Gasteiger partial charge in [-0.3, -0.25) is 10.1 Å². The van der Waals surface area contributed by atoms with Crippen LogP contribution in [0.3, 0.4) is 0 Å². The van der Waals surface area contributed by atoms with Crippen molar-refractivity contribution in [1.29, 1.82) is 10.5 Å². The van der Waals surface area contributed by atoms with Crippen molar-refractivity contribution < 1.29 is 13.7 Å². The Morgan fingerprint density at radius 2 is 1.06 bits per heavy atom. The average molecular weight is 484 g/mol. The van der Waals surface area contributed by atoms with E-state index in [0.29, 0.717) is 33.5 Å². The Morgan fingerprint density at radius 3 is 1.47 bits per heavy atom. The van der Waals surface area contributed by atoms with Gasteiger partial charge in [-0.15, -0.1) is 0 Å². The number of nitrogen functional groups attached to an aromatic ring is 3. The normalized spacial score (nSPS) is 9.89. The van der Waals surface area contributed by atoms with Crippen LogP contribution >= 0.6 is 0 Å². The zero-order valence-electron chi connectivity index (χ0n) is 18.6. The smallest absolute Gasteiger partial charge is 0.292 e. The Bertz CT molecular complexity index is 1520. The molecule has 0 heterocycles. The molecule has 0 bridgehead atoms. The Labute approximate surface area is 204 Å². The monoisotopic (exact) mass is 484 g/mol. The Morgan fingerprint density at radius 1 is 0.667 bits per heavy atom. The van der Waals surface area contributed by atoms with E-state index in [1.807, 2.05) is 12.1 Å². The first kappa shape index (κ1) is 25.1. The summed E-state index contributed by atoms with van der Waals surface area (Å²) in [6, 6.07) is 21.3. The average Bonchev–Trinajstić information content (AvgIpc) is 2.87. The van der Waals surface area contributed by atoms with Crippen molar-refractivity contribution >= 4 is 22.7 Å². The van der Waals surface area contributed by atoms with Gasteiger partial charge in [0.15, 0.2) is 0 Å². The topological polar surface area (TPSA) is 169 Å². The van der Waals surface area contributed by atoms with Gasteiger partial charge in [0.05, 0.1) is 39.6 Å². The minimum Gasteiger partial charge on any atom is -0.397 e. The standard InChI is InChI=1S/C13H8FN3O2.C13H10FN3/c14-11-6-12(16)13(17(18)19)5-10(11)9-3-1-8(7-15)2-4-9;14-11-6-13(17)12(16)5-10(11)9-3-1-8(7-15)2-4-9/h1-6H,16H2;1-6H,16-17H2. The van der Waals surface area contributed by atoms with E-state index in [9.17, 15) is 18.9 Å². The number of nitrogens with zero attached hydrogens (tertiary/aromatic N) is 3. The molecule has 0 aliphatic heterocycles. The summed E-state index contributed by atoms with van der Waals surface area (Å²) >= 11 is 0. The number of benzene rings is 4. The van der Waals surface area contributed by atoms with Crippen LogP contribution in [0.4, 0.5) is 31.5 Å². The van der Waals surface area contributed by atoms with Crippen molar-refractivity contribution in [3.05, 3.63) is 106 Å². The summed E-state index contributed by atoms with van der Waals surface area (Å²) in [5.41, 5.74) is 19.0. The fraction of sp³-hybridized carbons (Fsp3) is 0. The number of halogens is 2. The van der Waals surface area contributed by atoms with Gasteiger partial charge in [0.2, 0.25) is 0 Å². The third-order valence-electron chi connectivity index (χ3n) is 5.14. The van der Waals surface area contributed by atoms with Crippen LogP contribution in [-0.4, -0.2) is 4.92 Å². The van der Waals surface area contributed by atoms with Crippen molar-refractivity contribution in [2.75, 3.05) is 17.2 Å². The molecule has 0 atom stereocenters. The predicted octanol–water partition coefficient (Wildman–Crippen LogP) is 5.38. The fourth-order valence-electron chi connectivity index (χ4n) is 3.23. The SMILES string of the molecule is N#Cc1ccc(-c2cc(N)c(N)cc2F)cc1.N#Cc1ccc(-c2cc([N+](=O)[O-])c(N)cc2F)cc1. The molecule has 36 heavy (non-hydrogen) atoms. The van der Waals surface area contributed by atoms with E-state index in [2.05, 4.69) is 0 Å². The van der Waals surface area contributed by atoms with Crippen molar-refractivity contribution in [1.82, 2.24) is 0 Å². The van der Waals surface area contributed by atoms with Gasteiger partial charge in [-0.2, -0.15) is 10.5 Å². The second-order valence-corrected chi connectivity index (χ2v) is 7.49. The Kier molecular flexibility index (Phi) is 7.43. The Balaban J connectivity index is 0.000000202. The molecule has 0 radical (unpaired) electrons. The van der Waals surface area contributed by atoms with Gasteiger partial charge in [0, 0.05) is 23.3 Å². The van der Waals surface area contributed by atoms with Gasteiger partial charge in [0.25, 0.3) is 5.69 Å². The molecule has 10 heteroatoms. The molecule has 0 saturated carbocycles. The van der Waals surface area contributed by atoms with E-state index in [4.69, 9.17) is 27.7 Å². The van der Waals surface area contributed by atoms with Gasteiger partial charge >= 0.3 is 0 Å². The highest BCUT2D eigenvalue weighted by atomic mass is 19.1. The van der Waals surface area contributed by atoms with E-state index >= 15 is 0 Å². The fourth-order valence-corrected chi connectivity index (χ4v) is 3.23. The van der Waals surface area contributed by atoms with E-state index in [0.717, 1.165) is 12.1 Å². The summed E-state index contributed by atoms with van der Waals surface area (Å²) in [5, 5.41) is 28.1. The van der Waals surface area contributed by atoms with Crippen LogP contribution in [0.5, 0.6) is 0 Å². The highest BCUT2D eigenvalue weighted by Gasteiger charge is 2.17. The van der Waals surface area contributed by atoms with Crippen LogP contribution in [0.2, 0.25) is 0 Å². The third kappa shape index (κ3) is 5.53. The molecule has 0 unspecified atom stereocenters. The number of nitro benzene ring substituents is 1. The lowest BCUT2D eigenvalue weighted by Gasteiger charge is -2.07. The number of hydrogen-bond donors (Lipinski definition) is 3. The molecule has 4 aromatic rings. The molecule has 178 valence electrons. The molecule has 0 aromatic heterocycles. The van der Waals surface area contributed by atoms with E-state index in [1.165, 1.54) is 36.4 Å². The predicted molar refractivity (Wildman–Crippen MR) is 133 cm³/mol. The minimum absolute atomic E-state index is 0.0744. The quantitative estimate of drug-likeness (QED) is 0.199. The molecule has 0 fully saturated rings. The van der Waals surface area contributed by atoms with Crippen LogP contribution in [0.1, 0.15) is 11.1 Å². The molecule has 0 aliphatic carbocycles. The molecule has 0 amide bonds. The molecular formula is C26H18F2N6O2. The third-order valence-corrected chi connectivity index (χ3v) is 5.14. The molecule has 6 N–H and O–H groups in total. The maximum atomic E-state index is 13.8. The minimum atomic E-state index is -0.665. The first-order valence-corrected chi connectivity index (χ1v) is 10.2. The van der Waals surface area contributed by atoms with Gasteiger partial charge in [0.1, 0.15) is 17.3 Å². The van der Waals surface area contributed by atoms with Gasteiger partial charge in [-0.1, -0.05) is 24.3 Å². The van der Waals surface area contributed by atoms with Crippen LogP contribution in [0.25, 0.3) is 22.3 Å². The highest BCUT2D eigenvalue weighted by molar-refractivity contribution is 5.75. The zero-order valence-corrected chi connectivity index (χ0v) is 18.6. The molecule has 0 aliphatic rings. The molecule has 8 nitrogen and oxygen atoms in total. The summed E-state index contributed by atoms with van der Waals surface area (Å²) in [6.45, 7) is 0. The second-order valence-electron chi connectivity index (χ2n) is 7.49. The highest BCUT2D eigenvalue weighted by Crippen LogP contribution is 2.32.